The first-order valence-corrected chi connectivity index (χ1v) is 11.3. The van der Waals surface area contributed by atoms with Crippen LogP contribution in [-0.2, 0) is 16.4 Å². The van der Waals surface area contributed by atoms with Gasteiger partial charge < -0.3 is 16.0 Å². The lowest BCUT2D eigenvalue weighted by atomic mass is 10.1. The molecule has 0 saturated carbocycles. The summed E-state index contributed by atoms with van der Waals surface area (Å²) in [6, 6.07) is 7.41. The van der Waals surface area contributed by atoms with Crippen LogP contribution in [0.5, 0.6) is 0 Å². The quantitative estimate of drug-likeness (QED) is 0.189. The molecule has 0 aliphatic rings. The second kappa shape index (κ2) is 13.8. The summed E-state index contributed by atoms with van der Waals surface area (Å²) in [5, 5.41) is 9.27. The zero-order valence-electron chi connectivity index (χ0n) is 17.1. The summed E-state index contributed by atoms with van der Waals surface area (Å²) >= 11 is 0. The SMILES string of the molecule is CCCCNC(=O)c1ccc(CNC(=NC)NC(C)CCS(C)(=O)=O)cc1.I. The lowest BCUT2D eigenvalue weighted by Gasteiger charge is -2.17. The van der Waals surface area contributed by atoms with Gasteiger partial charge in [-0.2, -0.15) is 0 Å². The van der Waals surface area contributed by atoms with E-state index in [4.69, 9.17) is 0 Å². The van der Waals surface area contributed by atoms with Crippen molar-refractivity contribution in [3.05, 3.63) is 35.4 Å². The number of amides is 1. The maximum atomic E-state index is 12.0. The maximum Gasteiger partial charge on any atom is 0.251 e. The molecule has 28 heavy (non-hydrogen) atoms. The van der Waals surface area contributed by atoms with Gasteiger partial charge in [0.1, 0.15) is 9.84 Å². The highest BCUT2D eigenvalue weighted by Gasteiger charge is 2.10. The van der Waals surface area contributed by atoms with Gasteiger partial charge in [-0.3, -0.25) is 9.79 Å². The van der Waals surface area contributed by atoms with Crippen LogP contribution in [0.2, 0.25) is 0 Å². The summed E-state index contributed by atoms with van der Waals surface area (Å²) in [5.41, 5.74) is 1.67. The molecule has 0 aromatic heterocycles. The van der Waals surface area contributed by atoms with Crippen molar-refractivity contribution in [2.24, 2.45) is 4.99 Å². The van der Waals surface area contributed by atoms with Crippen molar-refractivity contribution in [3.63, 3.8) is 0 Å². The second-order valence-electron chi connectivity index (χ2n) is 6.70. The van der Waals surface area contributed by atoms with Crippen LogP contribution in [0.25, 0.3) is 0 Å². The average Bonchev–Trinajstić information content (AvgIpc) is 2.63. The minimum atomic E-state index is -2.97. The Labute approximate surface area is 186 Å². The van der Waals surface area contributed by atoms with Crippen molar-refractivity contribution in [1.82, 2.24) is 16.0 Å². The zero-order chi connectivity index (χ0) is 20.3. The molecule has 0 radical (unpaired) electrons. The highest BCUT2D eigenvalue weighted by molar-refractivity contribution is 14.0. The predicted molar refractivity (Wildman–Crippen MR) is 126 cm³/mol. The molecule has 0 spiro atoms. The minimum absolute atomic E-state index is 0. The van der Waals surface area contributed by atoms with Crippen molar-refractivity contribution >= 4 is 45.7 Å². The number of unbranched alkanes of at least 4 members (excludes halogenated alkanes) is 1. The number of hydrogen-bond acceptors (Lipinski definition) is 4. The lowest BCUT2D eigenvalue weighted by Crippen LogP contribution is -2.42. The first-order chi connectivity index (χ1) is 12.7. The molecule has 0 saturated heterocycles. The molecule has 0 heterocycles. The van der Waals surface area contributed by atoms with Crippen LogP contribution in [0, 0.1) is 0 Å². The number of aliphatic imine (C=N–C) groups is 1. The highest BCUT2D eigenvalue weighted by atomic mass is 127. The monoisotopic (exact) mass is 524 g/mol. The van der Waals surface area contributed by atoms with Crippen molar-refractivity contribution in [2.75, 3.05) is 25.6 Å². The number of halogens is 1. The van der Waals surface area contributed by atoms with Gasteiger partial charge in [-0.05, 0) is 37.5 Å². The van der Waals surface area contributed by atoms with E-state index >= 15 is 0 Å². The number of nitrogens with one attached hydrogen (secondary N) is 3. The Bertz CT molecular complexity index is 721. The van der Waals surface area contributed by atoms with Crippen LogP contribution < -0.4 is 16.0 Å². The van der Waals surface area contributed by atoms with Crippen molar-refractivity contribution in [3.8, 4) is 0 Å². The molecule has 1 aromatic rings. The molecule has 0 bridgehead atoms. The highest BCUT2D eigenvalue weighted by Crippen LogP contribution is 2.05. The fraction of sp³-hybridized carbons (Fsp3) is 0.579. The number of carbonyl (C=O) groups is 1. The van der Waals surface area contributed by atoms with Gasteiger partial charge in [0.25, 0.3) is 5.91 Å². The molecule has 0 aliphatic carbocycles. The first kappa shape index (κ1) is 26.6. The fourth-order valence-electron chi connectivity index (χ4n) is 2.33. The molecule has 1 rings (SSSR count). The standard InChI is InChI=1S/C19H32N4O3S.HI/c1-5-6-12-21-18(24)17-9-7-16(8-10-17)14-22-19(20-3)23-15(2)11-13-27(4,25)26;/h7-10,15H,5-6,11-14H2,1-4H3,(H,21,24)(H2,20,22,23);1H. The minimum Gasteiger partial charge on any atom is -0.354 e. The fourth-order valence-corrected chi connectivity index (χ4v) is 3.11. The molecule has 1 aromatic carbocycles. The third kappa shape index (κ3) is 11.5. The Morgan fingerprint density at radius 1 is 1.18 bits per heavy atom. The molecule has 3 N–H and O–H groups in total. The predicted octanol–water partition coefficient (Wildman–Crippen LogP) is 2.32. The van der Waals surface area contributed by atoms with E-state index < -0.39 is 9.84 Å². The molecule has 0 fully saturated rings. The van der Waals surface area contributed by atoms with Crippen molar-refractivity contribution < 1.29 is 13.2 Å². The number of benzene rings is 1. The molecule has 160 valence electrons. The van der Waals surface area contributed by atoms with E-state index in [1.165, 1.54) is 6.26 Å². The summed E-state index contributed by atoms with van der Waals surface area (Å²) < 4.78 is 22.5. The summed E-state index contributed by atoms with van der Waals surface area (Å²) in [6.07, 6.45) is 3.78. The largest absolute Gasteiger partial charge is 0.354 e. The van der Waals surface area contributed by atoms with E-state index in [0.29, 0.717) is 31.0 Å². The Balaban J connectivity index is 0.00000729. The Morgan fingerprint density at radius 3 is 2.36 bits per heavy atom. The van der Waals surface area contributed by atoms with Crippen LogP contribution >= 0.6 is 24.0 Å². The number of nitrogens with zero attached hydrogens (tertiary/aromatic N) is 1. The maximum absolute atomic E-state index is 12.0. The first-order valence-electron chi connectivity index (χ1n) is 9.27. The third-order valence-electron chi connectivity index (χ3n) is 4.02. The van der Waals surface area contributed by atoms with Gasteiger partial charge in [0.15, 0.2) is 5.96 Å². The van der Waals surface area contributed by atoms with E-state index in [9.17, 15) is 13.2 Å². The number of sulfone groups is 1. The average molecular weight is 524 g/mol. The van der Waals surface area contributed by atoms with Crippen LogP contribution in [-0.4, -0.2) is 51.9 Å². The van der Waals surface area contributed by atoms with Crippen LogP contribution in [0.15, 0.2) is 29.3 Å². The van der Waals surface area contributed by atoms with Gasteiger partial charge in [0.2, 0.25) is 0 Å². The molecular weight excluding hydrogens is 491 g/mol. The summed E-state index contributed by atoms with van der Waals surface area (Å²) in [4.78, 5) is 16.2. The number of hydrogen-bond donors (Lipinski definition) is 3. The lowest BCUT2D eigenvalue weighted by molar-refractivity contribution is 0.0953. The number of rotatable bonds is 10. The topological polar surface area (TPSA) is 99.7 Å². The van der Waals surface area contributed by atoms with Crippen molar-refractivity contribution in [1.29, 1.82) is 0 Å². The molecule has 7 nitrogen and oxygen atoms in total. The van der Waals surface area contributed by atoms with E-state index in [1.807, 2.05) is 31.2 Å². The third-order valence-corrected chi connectivity index (χ3v) is 5.00. The second-order valence-corrected chi connectivity index (χ2v) is 8.96. The van der Waals surface area contributed by atoms with E-state index in [0.717, 1.165) is 18.4 Å². The molecule has 9 heteroatoms. The summed E-state index contributed by atoms with van der Waals surface area (Å²) in [5.74, 6) is 0.692. The van der Waals surface area contributed by atoms with Crippen LogP contribution in [0.3, 0.4) is 0 Å². The number of carbonyl (C=O) groups excluding carboxylic acids is 1. The molecule has 1 amide bonds. The molecule has 1 atom stereocenters. The van der Waals surface area contributed by atoms with Crippen molar-refractivity contribution in [2.45, 2.75) is 45.7 Å². The normalized spacial score (nSPS) is 12.6. The van der Waals surface area contributed by atoms with Crippen LogP contribution in [0.4, 0.5) is 0 Å². The summed E-state index contributed by atoms with van der Waals surface area (Å²) in [7, 11) is -1.30. The Kier molecular flexibility index (Phi) is 13.1. The smallest absolute Gasteiger partial charge is 0.251 e. The van der Waals surface area contributed by atoms with E-state index in [-0.39, 0.29) is 41.7 Å². The van der Waals surface area contributed by atoms with Gasteiger partial charge >= 0.3 is 0 Å². The van der Waals surface area contributed by atoms with Gasteiger partial charge in [0.05, 0.1) is 5.75 Å². The molecular formula is C19H33IN4O3S. The molecule has 1 unspecified atom stereocenters. The summed E-state index contributed by atoms with van der Waals surface area (Å²) in [6.45, 7) is 5.25. The van der Waals surface area contributed by atoms with Crippen LogP contribution in [0.1, 0.15) is 49.0 Å². The van der Waals surface area contributed by atoms with Gasteiger partial charge in [-0.25, -0.2) is 8.42 Å². The molecule has 0 aliphatic heterocycles. The Hall–Kier alpha value is -1.36. The van der Waals surface area contributed by atoms with Gasteiger partial charge in [0, 0.05) is 38.0 Å². The number of guanidine groups is 1. The van der Waals surface area contributed by atoms with E-state index in [2.05, 4.69) is 27.9 Å². The van der Waals surface area contributed by atoms with Gasteiger partial charge in [-0.1, -0.05) is 25.5 Å². The van der Waals surface area contributed by atoms with Gasteiger partial charge in [-0.15, -0.1) is 24.0 Å². The zero-order valence-corrected chi connectivity index (χ0v) is 20.3. The van der Waals surface area contributed by atoms with E-state index in [1.54, 1.807) is 7.05 Å². The Morgan fingerprint density at radius 2 is 1.82 bits per heavy atom.